The summed E-state index contributed by atoms with van der Waals surface area (Å²) in [6.07, 6.45) is 7.39. The van der Waals surface area contributed by atoms with E-state index in [2.05, 4.69) is 50.7 Å². The van der Waals surface area contributed by atoms with Crippen molar-refractivity contribution >= 4 is 17.7 Å². The molecule has 38 heavy (non-hydrogen) atoms. The number of ether oxygens (including phenoxy) is 1. The first-order valence-electron chi connectivity index (χ1n) is 14.2. The highest BCUT2D eigenvalue weighted by atomic mass is 16.5. The van der Waals surface area contributed by atoms with E-state index < -0.39 is 0 Å². The van der Waals surface area contributed by atoms with Crippen molar-refractivity contribution in [2.75, 3.05) is 49.1 Å². The zero-order valence-electron chi connectivity index (χ0n) is 23.0. The van der Waals surface area contributed by atoms with Crippen LogP contribution in [-0.2, 0) is 4.79 Å². The number of aromatic nitrogens is 4. The van der Waals surface area contributed by atoms with Gasteiger partial charge in [-0.15, -0.1) is 0 Å². The molecule has 0 aliphatic carbocycles. The van der Waals surface area contributed by atoms with Gasteiger partial charge in [-0.2, -0.15) is 4.98 Å². The average molecular weight is 527 g/mol. The number of hydrogen-bond donors (Lipinski definition) is 1. The van der Waals surface area contributed by atoms with E-state index in [-0.39, 0.29) is 23.9 Å². The van der Waals surface area contributed by atoms with Gasteiger partial charge in [-0.3, -0.25) is 4.79 Å². The maximum Gasteiger partial charge on any atom is 0.324 e. The van der Waals surface area contributed by atoms with Gasteiger partial charge in [0.25, 0.3) is 0 Å². The average Bonchev–Trinajstić information content (AvgIpc) is 3.57. The first kappa shape index (κ1) is 26.6. The summed E-state index contributed by atoms with van der Waals surface area (Å²) in [7, 11) is 0. The molecule has 11 heteroatoms. The number of carbonyl (C=O) groups is 1. The second-order valence-corrected chi connectivity index (χ2v) is 11.4. The first-order valence-corrected chi connectivity index (χ1v) is 14.2. The Kier molecular flexibility index (Phi) is 8.30. The molecule has 2 N–H and O–H groups in total. The molecule has 5 heterocycles. The molecule has 0 spiro atoms. The lowest BCUT2D eigenvalue weighted by atomic mass is 9.84. The molecule has 0 bridgehead atoms. The van der Waals surface area contributed by atoms with Crippen LogP contribution in [0.3, 0.4) is 0 Å². The van der Waals surface area contributed by atoms with Gasteiger partial charge >= 0.3 is 6.01 Å². The third-order valence-electron chi connectivity index (χ3n) is 8.43. The molecule has 1 unspecified atom stereocenters. The maximum absolute atomic E-state index is 12.4. The number of carbonyl (C=O) groups excluding carboxylic acids is 1. The number of nitrogens with zero attached hydrogens (tertiary/aromatic N) is 7. The fraction of sp³-hybridized carbons (Fsp3) is 0.741. The number of rotatable bonds is 9. The van der Waals surface area contributed by atoms with Gasteiger partial charge in [0.1, 0.15) is 12.1 Å². The summed E-state index contributed by atoms with van der Waals surface area (Å²) in [5.41, 5.74) is 6.45. The van der Waals surface area contributed by atoms with Crippen molar-refractivity contribution in [3.8, 4) is 5.88 Å². The molecule has 5 rings (SSSR count). The predicted octanol–water partition coefficient (Wildman–Crippen LogP) is 2.83. The molecule has 3 aliphatic heterocycles. The number of piperidine rings is 2. The smallest absolute Gasteiger partial charge is 0.324 e. The number of anilines is 2. The van der Waals surface area contributed by atoms with Gasteiger partial charge in [0.2, 0.25) is 11.8 Å². The minimum Gasteiger partial charge on any atom is -0.478 e. The molecule has 3 aliphatic rings. The van der Waals surface area contributed by atoms with E-state index in [9.17, 15) is 4.79 Å². The molecule has 3 atom stereocenters. The summed E-state index contributed by atoms with van der Waals surface area (Å²) < 4.78 is 11.5. The van der Waals surface area contributed by atoms with Gasteiger partial charge in [0.05, 0.1) is 12.6 Å². The summed E-state index contributed by atoms with van der Waals surface area (Å²) in [4.78, 5) is 32.1. The number of likely N-dealkylation sites (tertiary alicyclic amines) is 1. The molecule has 3 fully saturated rings. The van der Waals surface area contributed by atoms with Crippen molar-refractivity contribution in [2.45, 2.75) is 77.3 Å². The summed E-state index contributed by atoms with van der Waals surface area (Å²) in [5, 5.41) is 4.10. The molecular weight excluding hydrogens is 484 g/mol. The fourth-order valence-corrected chi connectivity index (χ4v) is 5.92. The van der Waals surface area contributed by atoms with Gasteiger partial charge in [0.15, 0.2) is 5.82 Å². The van der Waals surface area contributed by atoms with Crippen LogP contribution in [0.1, 0.15) is 71.0 Å². The predicted molar refractivity (Wildman–Crippen MR) is 144 cm³/mol. The summed E-state index contributed by atoms with van der Waals surface area (Å²) in [5.74, 6) is 3.84. The highest BCUT2D eigenvalue weighted by Gasteiger charge is 2.38. The van der Waals surface area contributed by atoms with Crippen molar-refractivity contribution in [3.63, 3.8) is 0 Å². The monoisotopic (exact) mass is 526 g/mol. The SMILES string of the molecule is CC(C)c1noc(N2CCC(C(C)CCOc3cc(N4C[C@H](N)[C@@H](N5CCCCC5=O)C4)ncn3)CC2)n1. The number of nitrogens with two attached hydrogens (primary N) is 1. The quantitative estimate of drug-likeness (QED) is 0.521. The molecule has 1 amide bonds. The van der Waals surface area contributed by atoms with Crippen LogP contribution in [-0.4, -0.2) is 82.3 Å². The Balaban J connectivity index is 1.07. The Labute approximate surface area is 225 Å². The minimum atomic E-state index is -0.0827. The van der Waals surface area contributed by atoms with Crippen LogP contribution in [0, 0.1) is 11.8 Å². The maximum atomic E-state index is 12.4. The Morgan fingerprint density at radius 3 is 2.66 bits per heavy atom. The summed E-state index contributed by atoms with van der Waals surface area (Å²) >= 11 is 0. The van der Waals surface area contributed by atoms with Crippen molar-refractivity contribution in [1.29, 1.82) is 0 Å². The van der Waals surface area contributed by atoms with Crippen molar-refractivity contribution < 1.29 is 14.1 Å². The molecule has 2 aromatic rings. The largest absolute Gasteiger partial charge is 0.478 e. The van der Waals surface area contributed by atoms with Crippen LogP contribution in [0.25, 0.3) is 0 Å². The molecule has 0 saturated carbocycles. The van der Waals surface area contributed by atoms with Gasteiger partial charge in [-0.25, -0.2) is 9.97 Å². The van der Waals surface area contributed by atoms with E-state index in [1.807, 2.05) is 11.0 Å². The molecule has 0 aromatic carbocycles. The summed E-state index contributed by atoms with van der Waals surface area (Å²) in [6, 6.07) is 2.49. The lowest BCUT2D eigenvalue weighted by Crippen LogP contribution is -2.51. The highest BCUT2D eigenvalue weighted by Crippen LogP contribution is 2.30. The van der Waals surface area contributed by atoms with E-state index in [1.54, 1.807) is 6.33 Å². The van der Waals surface area contributed by atoms with Crippen molar-refractivity contribution in [2.24, 2.45) is 17.6 Å². The van der Waals surface area contributed by atoms with Crippen molar-refractivity contribution in [3.05, 3.63) is 18.2 Å². The fourth-order valence-electron chi connectivity index (χ4n) is 5.92. The third kappa shape index (κ3) is 6.03. The van der Waals surface area contributed by atoms with E-state index in [0.717, 1.165) is 63.4 Å². The highest BCUT2D eigenvalue weighted by molar-refractivity contribution is 5.77. The van der Waals surface area contributed by atoms with Gasteiger partial charge in [-0.05, 0) is 43.9 Å². The second kappa shape index (κ2) is 11.8. The van der Waals surface area contributed by atoms with E-state index >= 15 is 0 Å². The first-order chi connectivity index (χ1) is 18.4. The Bertz CT molecular complexity index is 1070. The Morgan fingerprint density at radius 1 is 1.11 bits per heavy atom. The van der Waals surface area contributed by atoms with Gasteiger partial charge in [-0.1, -0.05) is 25.9 Å². The van der Waals surface area contributed by atoms with Gasteiger partial charge < -0.3 is 29.7 Å². The van der Waals surface area contributed by atoms with E-state index in [4.69, 9.17) is 15.0 Å². The zero-order chi connectivity index (χ0) is 26.6. The standard InChI is InChI=1S/C27H42N8O3/c1-18(2)26-31-27(38-32-26)33-11-7-20(8-12-33)19(3)9-13-37-24-14-23(29-17-30-24)34-15-21(28)22(16-34)35-10-5-4-6-25(35)36/h14,17-22H,4-13,15-16,28H2,1-3H3/t19?,21-,22-/m0/s1. The molecule has 3 saturated heterocycles. The lowest BCUT2D eigenvalue weighted by Gasteiger charge is -2.34. The van der Waals surface area contributed by atoms with Crippen LogP contribution in [0.2, 0.25) is 0 Å². The summed E-state index contributed by atoms with van der Waals surface area (Å²) in [6.45, 7) is 11.1. The van der Waals surface area contributed by atoms with Crippen LogP contribution in [0.5, 0.6) is 5.88 Å². The normalized spacial score (nSPS) is 23.9. The minimum absolute atomic E-state index is 0.0338. The number of hydrogen-bond acceptors (Lipinski definition) is 10. The molecular formula is C27H42N8O3. The molecule has 0 radical (unpaired) electrons. The van der Waals surface area contributed by atoms with E-state index in [0.29, 0.717) is 49.8 Å². The molecule has 208 valence electrons. The Morgan fingerprint density at radius 2 is 1.92 bits per heavy atom. The Hall–Kier alpha value is -2.95. The topological polar surface area (TPSA) is 127 Å². The number of amides is 1. The van der Waals surface area contributed by atoms with Crippen LogP contribution < -0.4 is 20.3 Å². The lowest BCUT2D eigenvalue weighted by molar-refractivity contribution is -0.135. The van der Waals surface area contributed by atoms with Crippen LogP contribution in [0.15, 0.2) is 16.9 Å². The van der Waals surface area contributed by atoms with Crippen LogP contribution >= 0.6 is 0 Å². The van der Waals surface area contributed by atoms with Gasteiger partial charge in [0, 0.05) is 57.2 Å². The zero-order valence-corrected chi connectivity index (χ0v) is 23.0. The second-order valence-electron chi connectivity index (χ2n) is 11.4. The molecule has 2 aromatic heterocycles. The van der Waals surface area contributed by atoms with E-state index in [1.165, 1.54) is 0 Å². The third-order valence-corrected chi connectivity index (χ3v) is 8.43. The van der Waals surface area contributed by atoms with Crippen molar-refractivity contribution in [1.82, 2.24) is 25.0 Å². The van der Waals surface area contributed by atoms with Crippen LogP contribution in [0.4, 0.5) is 11.8 Å². The molecule has 11 nitrogen and oxygen atoms in total.